The van der Waals surface area contributed by atoms with E-state index in [4.69, 9.17) is 14.6 Å². The zero-order valence-electron chi connectivity index (χ0n) is 14.4. The van der Waals surface area contributed by atoms with Crippen molar-refractivity contribution in [2.75, 3.05) is 33.9 Å². The monoisotopic (exact) mass is 335 g/mol. The van der Waals surface area contributed by atoms with Crippen LogP contribution < -0.4 is 4.74 Å². The molecule has 0 atom stereocenters. The third-order valence-electron chi connectivity index (χ3n) is 2.55. The highest BCUT2D eigenvalue weighted by atomic mass is 16.5. The Labute approximate surface area is 143 Å². The molecule has 132 valence electrons. The van der Waals surface area contributed by atoms with Gasteiger partial charge in [0.2, 0.25) is 0 Å². The lowest BCUT2D eigenvalue weighted by atomic mass is 10.3. The Morgan fingerprint density at radius 1 is 1.12 bits per heavy atom. The Morgan fingerprint density at radius 3 is 2.17 bits per heavy atom. The number of hydrogen-bond acceptors (Lipinski definition) is 6. The zero-order chi connectivity index (χ0) is 18.5. The number of benzene rings is 1. The molecule has 1 rings (SSSR count). The third-order valence-corrected chi connectivity index (χ3v) is 2.55. The zero-order valence-corrected chi connectivity index (χ0v) is 14.4. The molecule has 6 nitrogen and oxygen atoms in total. The molecule has 0 heterocycles. The molecule has 24 heavy (non-hydrogen) atoms. The van der Waals surface area contributed by atoms with Crippen molar-refractivity contribution >= 4 is 11.9 Å². The lowest BCUT2D eigenvalue weighted by molar-refractivity contribution is -0.139. The molecule has 1 aromatic carbocycles. The van der Waals surface area contributed by atoms with Crippen molar-refractivity contribution in [3.05, 3.63) is 54.6 Å². The summed E-state index contributed by atoms with van der Waals surface area (Å²) in [6.07, 6.45) is 0. The number of hydrogen-bond donors (Lipinski definition) is 1. The second kappa shape index (κ2) is 12.0. The van der Waals surface area contributed by atoms with Crippen LogP contribution in [0.1, 0.15) is 6.92 Å². The van der Waals surface area contributed by atoms with Crippen LogP contribution in [0.25, 0.3) is 0 Å². The van der Waals surface area contributed by atoms with E-state index in [0.29, 0.717) is 17.9 Å². The van der Waals surface area contributed by atoms with E-state index in [1.54, 1.807) is 31.2 Å². The molecular weight excluding hydrogens is 310 g/mol. The van der Waals surface area contributed by atoms with Crippen molar-refractivity contribution in [3.8, 4) is 5.75 Å². The van der Waals surface area contributed by atoms with E-state index in [9.17, 15) is 9.59 Å². The van der Waals surface area contributed by atoms with E-state index in [1.165, 1.54) is 0 Å². The maximum Gasteiger partial charge on any atom is 0.341 e. The maximum absolute atomic E-state index is 11.1. The van der Waals surface area contributed by atoms with Crippen LogP contribution in [0.2, 0.25) is 0 Å². The second-order valence-electron chi connectivity index (χ2n) is 5.18. The first-order valence-corrected chi connectivity index (χ1v) is 7.31. The molecule has 0 saturated carbocycles. The number of carbonyl (C=O) groups is 2. The van der Waals surface area contributed by atoms with Crippen molar-refractivity contribution in [1.29, 1.82) is 0 Å². The molecule has 0 unspecified atom stereocenters. The standard InChI is InChI=1S/C10H10O3.C8H15NO2/c1-8(7-11)10(12)13-9-5-3-2-4-6-9;1-7(2)8(10)11-6-5-9(3)4/h2-6,11H,1,7H2;1,5-6H2,2-4H3. The molecule has 6 heteroatoms. The lowest BCUT2D eigenvalue weighted by Crippen LogP contribution is -2.20. The molecule has 0 radical (unpaired) electrons. The summed E-state index contributed by atoms with van der Waals surface area (Å²) in [6.45, 7) is 9.24. The van der Waals surface area contributed by atoms with Crippen LogP contribution in [-0.2, 0) is 14.3 Å². The van der Waals surface area contributed by atoms with Crippen LogP contribution in [0.15, 0.2) is 54.6 Å². The number of aliphatic hydroxyl groups excluding tert-OH is 1. The third kappa shape index (κ3) is 10.3. The van der Waals surface area contributed by atoms with E-state index >= 15 is 0 Å². The molecule has 0 saturated heterocycles. The maximum atomic E-state index is 11.1. The normalized spacial score (nSPS) is 9.54. The number of esters is 2. The van der Waals surface area contributed by atoms with Gasteiger partial charge in [0.25, 0.3) is 0 Å². The highest BCUT2D eigenvalue weighted by Gasteiger charge is 2.07. The van der Waals surface area contributed by atoms with Gasteiger partial charge in [-0.1, -0.05) is 31.4 Å². The highest BCUT2D eigenvalue weighted by molar-refractivity contribution is 5.89. The number of para-hydroxylation sites is 1. The average Bonchev–Trinajstić information content (AvgIpc) is 2.55. The largest absolute Gasteiger partial charge is 0.461 e. The minimum Gasteiger partial charge on any atom is -0.461 e. The SMILES string of the molecule is C=C(C)C(=O)OCCN(C)C.C=C(CO)C(=O)Oc1ccccc1. The minimum atomic E-state index is -0.603. The summed E-state index contributed by atoms with van der Waals surface area (Å²) in [4.78, 5) is 23.8. The van der Waals surface area contributed by atoms with Crippen LogP contribution >= 0.6 is 0 Å². The molecule has 1 N–H and O–H groups in total. The first kappa shape index (κ1) is 21.6. The Hall–Kier alpha value is -2.44. The molecule has 0 aliphatic heterocycles. The summed E-state index contributed by atoms with van der Waals surface area (Å²) in [5.41, 5.74) is 0.493. The number of nitrogens with zero attached hydrogens (tertiary/aromatic N) is 1. The van der Waals surface area contributed by atoms with Gasteiger partial charge < -0.3 is 19.5 Å². The van der Waals surface area contributed by atoms with E-state index in [-0.39, 0.29) is 18.1 Å². The summed E-state index contributed by atoms with van der Waals surface area (Å²) in [5, 5.41) is 8.58. The van der Waals surface area contributed by atoms with Gasteiger partial charge in [0.05, 0.1) is 12.2 Å². The number of rotatable bonds is 7. The van der Waals surface area contributed by atoms with Crippen LogP contribution in [-0.4, -0.2) is 55.8 Å². The predicted molar refractivity (Wildman–Crippen MR) is 92.6 cm³/mol. The Morgan fingerprint density at radius 2 is 1.71 bits per heavy atom. The first-order valence-electron chi connectivity index (χ1n) is 7.31. The summed E-state index contributed by atoms with van der Waals surface area (Å²) >= 11 is 0. The van der Waals surface area contributed by atoms with Crippen molar-refractivity contribution in [3.63, 3.8) is 0 Å². The molecule has 0 aliphatic carbocycles. The number of ether oxygens (including phenoxy) is 2. The van der Waals surface area contributed by atoms with Gasteiger partial charge in [-0.05, 0) is 33.2 Å². The molecule has 0 bridgehead atoms. The van der Waals surface area contributed by atoms with Crippen LogP contribution in [0.4, 0.5) is 0 Å². The first-order chi connectivity index (χ1) is 11.3. The predicted octanol–water partition coefficient (Wildman–Crippen LogP) is 1.81. The quantitative estimate of drug-likeness (QED) is 0.465. The summed E-state index contributed by atoms with van der Waals surface area (Å²) in [5.74, 6) is -0.470. The van der Waals surface area contributed by atoms with Gasteiger partial charge in [-0.15, -0.1) is 0 Å². The minimum absolute atomic E-state index is 0.0452. The van der Waals surface area contributed by atoms with Gasteiger partial charge in [-0.25, -0.2) is 9.59 Å². The molecule has 0 aromatic heterocycles. The number of likely N-dealkylation sites (N-methyl/N-ethyl adjacent to an activating group) is 1. The topological polar surface area (TPSA) is 76.1 Å². The van der Waals surface area contributed by atoms with Gasteiger partial charge in [0, 0.05) is 12.1 Å². The fourth-order valence-corrected chi connectivity index (χ4v) is 1.18. The van der Waals surface area contributed by atoms with Crippen LogP contribution in [0.3, 0.4) is 0 Å². The smallest absolute Gasteiger partial charge is 0.341 e. The molecular formula is C18H25NO5. The van der Waals surface area contributed by atoms with Gasteiger partial charge >= 0.3 is 11.9 Å². The number of aliphatic hydroxyl groups is 1. The van der Waals surface area contributed by atoms with E-state index < -0.39 is 5.97 Å². The van der Waals surface area contributed by atoms with Gasteiger partial charge in [0.15, 0.2) is 0 Å². The Bertz CT molecular complexity index is 552. The van der Waals surface area contributed by atoms with Gasteiger partial charge in [0.1, 0.15) is 12.4 Å². The van der Waals surface area contributed by atoms with Crippen molar-refractivity contribution in [2.24, 2.45) is 0 Å². The molecule has 0 aliphatic rings. The van der Waals surface area contributed by atoms with Crippen LogP contribution in [0, 0.1) is 0 Å². The van der Waals surface area contributed by atoms with Gasteiger partial charge in [-0.2, -0.15) is 0 Å². The summed E-state index contributed by atoms with van der Waals surface area (Å²) in [7, 11) is 3.85. The van der Waals surface area contributed by atoms with E-state index in [2.05, 4.69) is 13.2 Å². The fraction of sp³-hybridized carbons (Fsp3) is 0.333. The Balaban J connectivity index is 0.000000449. The molecule has 1 aromatic rings. The van der Waals surface area contributed by atoms with Crippen molar-refractivity contribution in [2.45, 2.75) is 6.92 Å². The lowest BCUT2D eigenvalue weighted by Gasteiger charge is -2.09. The van der Waals surface area contributed by atoms with Crippen LogP contribution in [0.5, 0.6) is 5.75 Å². The Kier molecular flexibility index (Phi) is 10.8. The number of carbonyl (C=O) groups excluding carboxylic acids is 2. The summed E-state index contributed by atoms with van der Waals surface area (Å²) in [6, 6.07) is 8.64. The fourth-order valence-electron chi connectivity index (χ4n) is 1.18. The molecule has 0 spiro atoms. The average molecular weight is 335 g/mol. The van der Waals surface area contributed by atoms with E-state index in [0.717, 1.165) is 6.54 Å². The van der Waals surface area contributed by atoms with Crippen molar-refractivity contribution in [1.82, 2.24) is 4.90 Å². The van der Waals surface area contributed by atoms with Gasteiger partial charge in [-0.3, -0.25) is 0 Å². The highest BCUT2D eigenvalue weighted by Crippen LogP contribution is 2.09. The summed E-state index contributed by atoms with van der Waals surface area (Å²) < 4.78 is 9.70. The molecule has 0 amide bonds. The second-order valence-corrected chi connectivity index (χ2v) is 5.18. The van der Waals surface area contributed by atoms with Crippen molar-refractivity contribution < 1.29 is 24.2 Å². The van der Waals surface area contributed by atoms with E-state index in [1.807, 2.05) is 25.1 Å². The molecule has 0 fully saturated rings.